The molecule has 0 amide bonds. The molecule has 1 aliphatic heterocycles. The van der Waals surface area contributed by atoms with Gasteiger partial charge >= 0.3 is 15.6 Å². The Morgan fingerprint density at radius 3 is 1.52 bits per heavy atom. The van der Waals surface area contributed by atoms with Crippen molar-refractivity contribution in [2.45, 2.75) is 37.1 Å². The zero-order valence-electron chi connectivity index (χ0n) is 22.3. The van der Waals surface area contributed by atoms with E-state index in [4.69, 9.17) is 29.6 Å². The molecule has 0 aromatic carbocycles. The first-order chi connectivity index (χ1) is 20.9. The molecule has 8 N–H and O–H groups in total. The molecule has 4 aromatic rings. The van der Waals surface area contributed by atoms with E-state index < -0.39 is 64.7 Å². The molecule has 0 spiro atoms. The van der Waals surface area contributed by atoms with Crippen LogP contribution < -0.4 is 11.5 Å². The van der Waals surface area contributed by atoms with Crippen LogP contribution in [0, 0.1) is 0 Å². The molecule has 5 heterocycles. The van der Waals surface area contributed by atoms with Gasteiger partial charge in [0.2, 0.25) is 0 Å². The highest BCUT2D eigenvalue weighted by Crippen LogP contribution is 2.55. The molecule has 4 unspecified atom stereocenters. The van der Waals surface area contributed by atoms with Gasteiger partial charge in [0.15, 0.2) is 22.9 Å². The number of aliphatic hydroxyl groups is 2. The molecule has 3 aliphatic rings. The van der Waals surface area contributed by atoms with Crippen LogP contribution in [0.15, 0.2) is 48.0 Å². The lowest BCUT2D eigenvalue weighted by atomic mass is 10.1. The zero-order chi connectivity index (χ0) is 31.0. The van der Waals surface area contributed by atoms with Crippen molar-refractivity contribution in [2.75, 3.05) is 24.7 Å². The van der Waals surface area contributed by atoms with Gasteiger partial charge in [-0.3, -0.25) is 18.8 Å². The monoisotopic (exact) mass is 650 g/mol. The number of nitrogens with two attached hydrogens (primary N) is 2. The lowest BCUT2D eigenvalue weighted by Crippen LogP contribution is -2.22. The van der Waals surface area contributed by atoms with E-state index in [1.165, 1.54) is 34.4 Å². The van der Waals surface area contributed by atoms with Gasteiger partial charge in [0.05, 0.1) is 38.0 Å². The van der Waals surface area contributed by atoms with Gasteiger partial charge in [0.1, 0.15) is 47.4 Å². The summed E-state index contributed by atoms with van der Waals surface area (Å²) in [6, 6.07) is -1.78. The number of phosphoric ester groups is 2. The molecule has 0 saturated heterocycles. The number of imidazole rings is 2. The van der Waals surface area contributed by atoms with Crippen LogP contribution in [0.25, 0.3) is 22.3 Å². The Balaban J connectivity index is 1.18. The molecule has 232 valence electrons. The largest absolute Gasteiger partial charge is 0.527 e. The molecule has 20 nitrogen and oxygen atoms in total. The third-order valence-corrected chi connectivity index (χ3v) is 9.36. The van der Waals surface area contributed by atoms with E-state index in [9.17, 15) is 29.1 Å². The Morgan fingerprint density at radius 2 is 1.11 bits per heavy atom. The number of phosphoric acid groups is 2. The molecule has 0 saturated carbocycles. The number of rotatable bonds is 2. The fourth-order valence-electron chi connectivity index (χ4n) is 5.54. The van der Waals surface area contributed by atoms with Crippen LogP contribution in [-0.4, -0.2) is 84.5 Å². The number of aliphatic hydroxyl groups excluding tert-OH is 2. The Kier molecular flexibility index (Phi) is 6.72. The second-order valence-electron chi connectivity index (χ2n) is 10.2. The summed E-state index contributed by atoms with van der Waals surface area (Å²) in [5, 5.41) is 22.4. The normalized spacial score (nSPS) is 31.4. The maximum absolute atomic E-state index is 13.1. The van der Waals surface area contributed by atoms with Gasteiger partial charge in [0.25, 0.3) is 0 Å². The summed E-state index contributed by atoms with van der Waals surface area (Å²) < 4.78 is 50.3. The molecule has 0 bridgehead atoms. The summed E-state index contributed by atoms with van der Waals surface area (Å²) in [5.74, 6) is -0.595. The molecule has 44 heavy (non-hydrogen) atoms. The Bertz CT molecular complexity index is 1840. The molecule has 4 aromatic heterocycles. The van der Waals surface area contributed by atoms with E-state index in [1.807, 2.05) is 0 Å². The second kappa shape index (κ2) is 10.3. The second-order valence-corrected chi connectivity index (χ2v) is 13.0. The van der Waals surface area contributed by atoms with Gasteiger partial charge in [-0.25, -0.2) is 39.0 Å². The zero-order valence-corrected chi connectivity index (χ0v) is 24.1. The van der Waals surface area contributed by atoms with E-state index in [-0.39, 0.29) is 58.0 Å². The first-order valence-corrected chi connectivity index (χ1v) is 15.9. The van der Waals surface area contributed by atoms with Crippen LogP contribution >= 0.6 is 15.6 Å². The van der Waals surface area contributed by atoms with Crippen LogP contribution in [-0.2, 0) is 27.2 Å². The third-order valence-electron chi connectivity index (χ3n) is 7.59. The van der Waals surface area contributed by atoms with Crippen molar-refractivity contribution in [2.24, 2.45) is 0 Å². The SMILES string of the molecule is Nc1ncnc2c1ncn2[C@@H]1CC2=C(OP(=O)(O)OCC3=C(OP(=O)(O)OC2)C(O)[C@H](n2cnc4c(N)ncnc42)C3)C1O. The Labute approximate surface area is 245 Å². The Hall–Kier alpha value is -4.00. The van der Waals surface area contributed by atoms with E-state index in [0.717, 1.165) is 0 Å². The van der Waals surface area contributed by atoms with Crippen LogP contribution in [0.5, 0.6) is 0 Å². The average Bonchev–Trinajstić information content (AvgIpc) is 3.73. The van der Waals surface area contributed by atoms with Gasteiger partial charge in [-0.2, -0.15) is 0 Å². The summed E-state index contributed by atoms with van der Waals surface area (Å²) in [4.78, 5) is 45.7. The topological polar surface area (TPSA) is 291 Å². The average molecular weight is 650 g/mol. The molecule has 22 heteroatoms. The fourth-order valence-corrected chi connectivity index (χ4v) is 7.26. The molecular weight excluding hydrogens is 626 g/mol. The van der Waals surface area contributed by atoms with E-state index in [2.05, 4.69) is 29.9 Å². The third kappa shape index (κ3) is 4.81. The molecule has 6 atom stereocenters. The molecule has 2 aliphatic carbocycles. The lowest BCUT2D eigenvalue weighted by molar-refractivity contribution is 0.0988. The highest BCUT2D eigenvalue weighted by molar-refractivity contribution is 7.47. The number of fused-ring (bicyclic) bond motifs is 2. The molecule has 0 fully saturated rings. The fraction of sp³-hybridized carbons (Fsp3) is 0.364. The van der Waals surface area contributed by atoms with Crippen molar-refractivity contribution in [3.63, 3.8) is 0 Å². The van der Waals surface area contributed by atoms with Crippen molar-refractivity contribution >= 4 is 49.6 Å². The van der Waals surface area contributed by atoms with Crippen molar-refractivity contribution in [1.29, 1.82) is 0 Å². The van der Waals surface area contributed by atoms with Crippen LogP contribution in [0.4, 0.5) is 11.6 Å². The quantitative estimate of drug-likeness (QED) is 0.158. The highest BCUT2D eigenvalue weighted by atomic mass is 31.2. The number of hydrogen-bond donors (Lipinski definition) is 6. The van der Waals surface area contributed by atoms with Crippen molar-refractivity contribution in [3.05, 3.63) is 48.0 Å². The van der Waals surface area contributed by atoms with Gasteiger partial charge in [-0.1, -0.05) is 0 Å². The molecule has 0 radical (unpaired) electrons. The van der Waals surface area contributed by atoms with Crippen LogP contribution in [0.3, 0.4) is 0 Å². The van der Waals surface area contributed by atoms with Gasteiger partial charge in [0, 0.05) is 0 Å². The summed E-state index contributed by atoms with van der Waals surface area (Å²) >= 11 is 0. The minimum absolute atomic E-state index is 0.0592. The van der Waals surface area contributed by atoms with E-state index in [1.54, 1.807) is 0 Å². The van der Waals surface area contributed by atoms with Crippen molar-refractivity contribution in [1.82, 2.24) is 39.0 Å². The lowest BCUT2D eigenvalue weighted by Gasteiger charge is -2.22. The van der Waals surface area contributed by atoms with E-state index in [0.29, 0.717) is 0 Å². The van der Waals surface area contributed by atoms with Crippen molar-refractivity contribution < 1.29 is 47.2 Å². The first kappa shape index (κ1) is 28.8. The summed E-state index contributed by atoms with van der Waals surface area (Å²) in [6.07, 6.45) is 1.86. The van der Waals surface area contributed by atoms with Crippen molar-refractivity contribution in [3.8, 4) is 0 Å². The number of nitrogen functional groups attached to an aromatic ring is 2. The van der Waals surface area contributed by atoms with Gasteiger partial charge in [-0.05, 0) is 24.0 Å². The van der Waals surface area contributed by atoms with E-state index >= 15 is 0 Å². The summed E-state index contributed by atoms with van der Waals surface area (Å²) in [6.45, 7) is -1.32. The number of nitrogens with zero attached hydrogens (tertiary/aromatic N) is 8. The number of aromatic nitrogens is 8. The standard InChI is InChI=1S/C22H24N10O10P2/c23-19-13-21(27-5-25-19)31(7-29-13)11-1-9-3-39-43(35,36)42-18-10(4-40-44(37,38)41-17(9)15(11)33)2-12(16(18)34)32-8-30-14-20(24)26-6-28-22(14)32/h5-8,11-12,15-16,33-34H,1-4H2,(H,35,36)(H,37,38)(H2,23,25,27)(H2,24,26,28)/t11-,12-,15?,16?/m1/s1. The highest BCUT2D eigenvalue weighted by Gasteiger charge is 2.45. The summed E-state index contributed by atoms with van der Waals surface area (Å²) in [5.41, 5.74) is 12.9. The maximum atomic E-state index is 13.1. The number of hydrogen-bond acceptors (Lipinski definition) is 16. The maximum Gasteiger partial charge on any atom is 0.527 e. The first-order valence-electron chi connectivity index (χ1n) is 12.9. The summed E-state index contributed by atoms with van der Waals surface area (Å²) in [7, 11) is -9.87. The van der Waals surface area contributed by atoms with Crippen LogP contribution in [0.2, 0.25) is 0 Å². The minimum atomic E-state index is -4.93. The predicted molar refractivity (Wildman–Crippen MR) is 147 cm³/mol. The van der Waals surface area contributed by atoms with Gasteiger partial charge < -0.3 is 39.9 Å². The minimum Gasteiger partial charge on any atom is -0.406 e. The predicted octanol–water partition coefficient (Wildman–Crippen LogP) is 0.231. The smallest absolute Gasteiger partial charge is 0.406 e. The van der Waals surface area contributed by atoms with Crippen LogP contribution in [0.1, 0.15) is 24.9 Å². The molecular formula is C22H24N10O10P2. The molecule has 7 rings (SSSR count). The van der Waals surface area contributed by atoms with Gasteiger partial charge in [-0.15, -0.1) is 0 Å². The number of anilines is 2. The Morgan fingerprint density at radius 1 is 0.705 bits per heavy atom.